The topological polar surface area (TPSA) is 47.0 Å². The summed E-state index contributed by atoms with van der Waals surface area (Å²) in [4.78, 5) is 0. The van der Waals surface area contributed by atoms with E-state index in [1.165, 1.54) is 5.56 Å². The van der Waals surface area contributed by atoms with Crippen LogP contribution in [0.2, 0.25) is 0 Å². The van der Waals surface area contributed by atoms with Crippen LogP contribution in [0.5, 0.6) is 5.75 Å². The van der Waals surface area contributed by atoms with Gasteiger partial charge in [-0.1, -0.05) is 23.5 Å². The zero-order chi connectivity index (χ0) is 13.0. The van der Waals surface area contributed by atoms with E-state index in [-0.39, 0.29) is 6.04 Å². The Morgan fingerprint density at radius 2 is 2.22 bits per heavy atom. The predicted molar refractivity (Wildman–Crippen MR) is 73.2 cm³/mol. The minimum Gasteiger partial charge on any atom is -0.497 e. The highest BCUT2D eigenvalue weighted by atomic mass is 32.1. The quantitative estimate of drug-likeness (QED) is 0.900. The highest BCUT2D eigenvalue weighted by molar-refractivity contribution is 7.11. The first kappa shape index (κ1) is 13.0. The summed E-state index contributed by atoms with van der Waals surface area (Å²) in [5.74, 6) is 0.876. The molecule has 0 bridgehead atoms. The second-order valence-corrected chi connectivity index (χ2v) is 5.17. The molecule has 0 saturated heterocycles. The highest BCUT2D eigenvalue weighted by Crippen LogP contribution is 2.21. The Labute approximate surface area is 111 Å². The maximum absolute atomic E-state index is 5.21. The number of benzene rings is 1. The summed E-state index contributed by atoms with van der Waals surface area (Å²) >= 11 is 1.65. The monoisotopic (exact) mass is 263 g/mol. The Morgan fingerprint density at radius 1 is 1.39 bits per heavy atom. The van der Waals surface area contributed by atoms with Crippen molar-refractivity contribution in [2.75, 3.05) is 14.2 Å². The third-order valence-electron chi connectivity index (χ3n) is 2.78. The second-order valence-electron chi connectivity index (χ2n) is 4.07. The van der Waals surface area contributed by atoms with Crippen molar-refractivity contribution in [3.8, 4) is 5.75 Å². The van der Waals surface area contributed by atoms with Gasteiger partial charge in [-0.25, -0.2) is 0 Å². The standard InChI is InChI=1S/C13H17N3OS/c1-9(14-2)13-16-15-12(18-13)8-10-5-4-6-11(7-10)17-3/h4-7,9,14H,8H2,1-3H3. The third-order valence-corrected chi connectivity index (χ3v) is 3.88. The molecule has 1 aromatic carbocycles. The fraction of sp³-hybridized carbons (Fsp3) is 0.385. The van der Waals surface area contributed by atoms with Gasteiger partial charge in [0.25, 0.3) is 0 Å². The second kappa shape index (κ2) is 5.93. The molecule has 0 aliphatic rings. The molecule has 1 atom stereocenters. The molecule has 96 valence electrons. The summed E-state index contributed by atoms with van der Waals surface area (Å²) in [6, 6.07) is 8.29. The van der Waals surface area contributed by atoms with Crippen LogP contribution in [0.25, 0.3) is 0 Å². The van der Waals surface area contributed by atoms with Crippen molar-refractivity contribution < 1.29 is 4.74 Å². The summed E-state index contributed by atoms with van der Waals surface area (Å²) < 4.78 is 5.21. The molecule has 5 heteroatoms. The number of nitrogens with zero attached hydrogens (tertiary/aromatic N) is 2. The van der Waals surface area contributed by atoms with Gasteiger partial charge in [-0.05, 0) is 31.7 Å². The van der Waals surface area contributed by atoms with Crippen LogP contribution in [-0.2, 0) is 6.42 Å². The van der Waals surface area contributed by atoms with Crippen LogP contribution in [0.4, 0.5) is 0 Å². The summed E-state index contributed by atoms with van der Waals surface area (Å²) in [5.41, 5.74) is 1.19. The molecule has 4 nitrogen and oxygen atoms in total. The fourth-order valence-corrected chi connectivity index (χ4v) is 2.53. The first-order valence-electron chi connectivity index (χ1n) is 5.85. The molecule has 1 N–H and O–H groups in total. The van der Waals surface area contributed by atoms with Crippen molar-refractivity contribution in [1.82, 2.24) is 15.5 Å². The Kier molecular flexibility index (Phi) is 4.28. The summed E-state index contributed by atoms with van der Waals surface area (Å²) in [5, 5.41) is 13.6. The van der Waals surface area contributed by atoms with Crippen LogP contribution in [0.3, 0.4) is 0 Å². The number of hydrogen-bond acceptors (Lipinski definition) is 5. The highest BCUT2D eigenvalue weighted by Gasteiger charge is 2.10. The van der Waals surface area contributed by atoms with E-state index >= 15 is 0 Å². The minimum atomic E-state index is 0.251. The van der Waals surface area contributed by atoms with E-state index in [2.05, 4.69) is 28.5 Å². The van der Waals surface area contributed by atoms with Gasteiger partial charge in [0.05, 0.1) is 13.2 Å². The molecule has 0 amide bonds. The molecule has 0 saturated carbocycles. The molecule has 0 spiro atoms. The largest absolute Gasteiger partial charge is 0.497 e. The molecule has 0 fully saturated rings. The van der Waals surface area contributed by atoms with E-state index in [4.69, 9.17) is 4.74 Å². The number of hydrogen-bond donors (Lipinski definition) is 1. The van der Waals surface area contributed by atoms with E-state index < -0.39 is 0 Å². The van der Waals surface area contributed by atoms with E-state index in [0.29, 0.717) is 0 Å². The maximum atomic E-state index is 5.21. The van der Waals surface area contributed by atoms with Gasteiger partial charge in [-0.2, -0.15) is 0 Å². The van der Waals surface area contributed by atoms with E-state index in [9.17, 15) is 0 Å². The number of aromatic nitrogens is 2. The number of rotatable bonds is 5. The minimum absolute atomic E-state index is 0.251. The molecule has 1 heterocycles. The van der Waals surface area contributed by atoms with Crippen molar-refractivity contribution in [2.24, 2.45) is 0 Å². The van der Waals surface area contributed by atoms with Crippen LogP contribution < -0.4 is 10.1 Å². The lowest BCUT2D eigenvalue weighted by atomic mass is 10.1. The normalized spacial score (nSPS) is 12.4. The molecule has 1 aromatic heterocycles. The van der Waals surface area contributed by atoms with Crippen LogP contribution >= 0.6 is 11.3 Å². The SMILES string of the molecule is CNC(C)c1nnc(Cc2cccc(OC)c2)s1. The lowest BCUT2D eigenvalue weighted by Crippen LogP contribution is -2.11. The van der Waals surface area contributed by atoms with Crippen molar-refractivity contribution in [3.63, 3.8) is 0 Å². The van der Waals surface area contributed by atoms with Gasteiger partial charge in [0.1, 0.15) is 15.8 Å². The van der Waals surface area contributed by atoms with Crippen LogP contribution in [0.15, 0.2) is 24.3 Å². The molecule has 1 unspecified atom stereocenters. The molecule has 0 aliphatic carbocycles. The average molecular weight is 263 g/mol. The fourth-order valence-electron chi connectivity index (χ4n) is 1.59. The Hall–Kier alpha value is -1.46. The molecule has 18 heavy (non-hydrogen) atoms. The van der Waals surface area contributed by atoms with Crippen molar-refractivity contribution in [2.45, 2.75) is 19.4 Å². The smallest absolute Gasteiger partial charge is 0.134 e. The molecular formula is C13H17N3OS. The molecule has 2 rings (SSSR count). The van der Waals surface area contributed by atoms with Crippen molar-refractivity contribution in [1.29, 1.82) is 0 Å². The van der Waals surface area contributed by atoms with Crippen molar-refractivity contribution >= 4 is 11.3 Å². The summed E-state index contributed by atoms with van der Waals surface area (Å²) in [6.45, 7) is 2.08. The average Bonchev–Trinajstić information content (AvgIpc) is 2.86. The van der Waals surface area contributed by atoms with Crippen LogP contribution in [0.1, 0.15) is 28.5 Å². The third kappa shape index (κ3) is 3.05. The lowest BCUT2D eigenvalue weighted by molar-refractivity contribution is 0.414. The van der Waals surface area contributed by atoms with Crippen LogP contribution in [0, 0.1) is 0 Å². The van der Waals surface area contributed by atoms with E-state index in [1.54, 1.807) is 18.4 Å². The Morgan fingerprint density at radius 3 is 2.94 bits per heavy atom. The first-order valence-corrected chi connectivity index (χ1v) is 6.67. The lowest BCUT2D eigenvalue weighted by Gasteiger charge is -2.03. The summed E-state index contributed by atoms with van der Waals surface area (Å²) in [6.07, 6.45) is 0.797. The zero-order valence-electron chi connectivity index (χ0n) is 10.8. The van der Waals surface area contributed by atoms with Gasteiger partial charge < -0.3 is 10.1 Å². The Balaban J connectivity index is 2.11. The van der Waals surface area contributed by atoms with E-state index in [1.807, 2.05) is 25.2 Å². The van der Waals surface area contributed by atoms with Gasteiger partial charge in [0, 0.05) is 6.42 Å². The van der Waals surface area contributed by atoms with Gasteiger partial charge in [-0.15, -0.1) is 10.2 Å². The van der Waals surface area contributed by atoms with Crippen molar-refractivity contribution in [3.05, 3.63) is 39.8 Å². The van der Waals surface area contributed by atoms with Gasteiger partial charge >= 0.3 is 0 Å². The number of methoxy groups -OCH3 is 1. The molecular weight excluding hydrogens is 246 g/mol. The maximum Gasteiger partial charge on any atom is 0.134 e. The zero-order valence-corrected chi connectivity index (χ0v) is 11.6. The molecule has 2 aromatic rings. The summed E-state index contributed by atoms with van der Waals surface area (Å²) in [7, 11) is 3.60. The predicted octanol–water partition coefficient (Wildman–Crippen LogP) is 2.42. The Bertz CT molecular complexity index is 512. The number of nitrogens with one attached hydrogen (secondary N) is 1. The van der Waals surface area contributed by atoms with Gasteiger partial charge in [0.2, 0.25) is 0 Å². The molecule has 0 radical (unpaired) electrons. The molecule has 0 aliphatic heterocycles. The first-order chi connectivity index (χ1) is 8.72. The van der Waals surface area contributed by atoms with E-state index in [0.717, 1.165) is 22.2 Å². The van der Waals surface area contributed by atoms with Gasteiger partial charge in [-0.3, -0.25) is 0 Å². The van der Waals surface area contributed by atoms with Gasteiger partial charge in [0.15, 0.2) is 0 Å². The van der Waals surface area contributed by atoms with Crippen LogP contribution in [-0.4, -0.2) is 24.4 Å². The number of ether oxygens (including phenoxy) is 1.